The van der Waals surface area contributed by atoms with Gasteiger partial charge in [0.25, 0.3) is 0 Å². The molecule has 1 aromatic heterocycles. The highest BCUT2D eigenvalue weighted by molar-refractivity contribution is 7.09. The van der Waals surface area contributed by atoms with Crippen molar-refractivity contribution in [2.75, 3.05) is 13.1 Å². The van der Waals surface area contributed by atoms with Gasteiger partial charge in [-0.1, -0.05) is 32.6 Å². The first-order valence-electron chi connectivity index (χ1n) is 6.44. The van der Waals surface area contributed by atoms with Gasteiger partial charge in [-0.15, -0.1) is 11.3 Å². The maximum absolute atomic E-state index is 4.45. The third kappa shape index (κ3) is 6.23. The zero-order valence-electron chi connectivity index (χ0n) is 10.6. The van der Waals surface area contributed by atoms with Gasteiger partial charge in [0, 0.05) is 24.0 Å². The molecule has 0 radical (unpaired) electrons. The second-order valence-electron chi connectivity index (χ2n) is 4.30. The average Bonchev–Trinajstić information content (AvgIpc) is 2.68. The second kappa shape index (κ2) is 8.71. The monoisotopic (exact) mass is 240 g/mol. The standard InChI is InChI=1S/C13H24N2S/c1-3-4-5-6-7-9-14-10-8-13-15-12(2)11-16-13/h11,14H,3-10H2,1-2H3. The van der Waals surface area contributed by atoms with Crippen LogP contribution in [0.25, 0.3) is 0 Å². The molecule has 1 aromatic rings. The first kappa shape index (κ1) is 13.7. The summed E-state index contributed by atoms with van der Waals surface area (Å²) in [6, 6.07) is 0. The maximum Gasteiger partial charge on any atom is 0.0940 e. The molecule has 0 saturated heterocycles. The third-order valence-electron chi connectivity index (χ3n) is 2.64. The topological polar surface area (TPSA) is 24.9 Å². The molecule has 16 heavy (non-hydrogen) atoms. The molecular weight excluding hydrogens is 216 g/mol. The van der Waals surface area contributed by atoms with E-state index in [1.807, 2.05) is 0 Å². The first-order chi connectivity index (χ1) is 7.83. The van der Waals surface area contributed by atoms with Crippen molar-refractivity contribution in [2.45, 2.75) is 52.4 Å². The molecule has 0 fully saturated rings. The number of aryl methyl sites for hydroxylation is 1. The average molecular weight is 240 g/mol. The molecule has 0 amide bonds. The number of aromatic nitrogens is 1. The van der Waals surface area contributed by atoms with E-state index in [9.17, 15) is 0 Å². The Hall–Kier alpha value is -0.410. The highest BCUT2D eigenvalue weighted by atomic mass is 32.1. The van der Waals surface area contributed by atoms with Crippen molar-refractivity contribution >= 4 is 11.3 Å². The van der Waals surface area contributed by atoms with E-state index in [4.69, 9.17) is 0 Å². The second-order valence-corrected chi connectivity index (χ2v) is 5.24. The van der Waals surface area contributed by atoms with Crippen LogP contribution in [-0.4, -0.2) is 18.1 Å². The predicted molar refractivity (Wildman–Crippen MR) is 72.2 cm³/mol. The fourth-order valence-electron chi connectivity index (χ4n) is 1.69. The molecule has 1 rings (SSSR count). The SMILES string of the molecule is CCCCCCCNCCc1nc(C)cs1. The molecular formula is C13H24N2S. The molecule has 0 bridgehead atoms. The number of unbranched alkanes of at least 4 members (excludes halogenated alkanes) is 4. The lowest BCUT2D eigenvalue weighted by molar-refractivity contribution is 0.584. The summed E-state index contributed by atoms with van der Waals surface area (Å²) < 4.78 is 0. The zero-order valence-corrected chi connectivity index (χ0v) is 11.4. The molecule has 92 valence electrons. The Bertz CT molecular complexity index is 271. The van der Waals surface area contributed by atoms with Crippen LogP contribution in [-0.2, 0) is 6.42 Å². The van der Waals surface area contributed by atoms with Gasteiger partial charge >= 0.3 is 0 Å². The highest BCUT2D eigenvalue weighted by Crippen LogP contribution is 2.08. The Labute approximate surface area is 103 Å². The number of hydrogen-bond donors (Lipinski definition) is 1. The van der Waals surface area contributed by atoms with Crippen LogP contribution < -0.4 is 5.32 Å². The van der Waals surface area contributed by atoms with Gasteiger partial charge < -0.3 is 5.32 Å². The van der Waals surface area contributed by atoms with Gasteiger partial charge in [-0.3, -0.25) is 0 Å². The Kier molecular flexibility index (Phi) is 7.43. The lowest BCUT2D eigenvalue weighted by atomic mass is 10.1. The fraction of sp³-hybridized carbons (Fsp3) is 0.769. The van der Waals surface area contributed by atoms with Gasteiger partial charge in [-0.05, 0) is 19.9 Å². The quantitative estimate of drug-likeness (QED) is 0.668. The minimum atomic E-state index is 1.07. The Morgan fingerprint density at radius 3 is 2.69 bits per heavy atom. The van der Waals surface area contributed by atoms with E-state index in [1.165, 1.54) is 37.1 Å². The van der Waals surface area contributed by atoms with Crippen molar-refractivity contribution in [3.63, 3.8) is 0 Å². The molecule has 0 spiro atoms. The van der Waals surface area contributed by atoms with Crippen LogP contribution in [0.3, 0.4) is 0 Å². The third-order valence-corrected chi connectivity index (χ3v) is 3.67. The first-order valence-corrected chi connectivity index (χ1v) is 7.32. The smallest absolute Gasteiger partial charge is 0.0940 e. The number of thiazole rings is 1. The van der Waals surface area contributed by atoms with E-state index >= 15 is 0 Å². The van der Waals surface area contributed by atoms with Gasteiger partial charge in [0.15, 0.2) is 0 Å². The summed E-state index contributed by atoms with van der Waals surface area (Å²) in [4.78, 5) is 4.45. The highest BCUT2D eigenvalue weighted by Gasteiger charge is 1.97. The lowest BCUT2D eigenvalue weighted by Gasteiger charge is -2.03. The summed E-state index contributed by atoms with van der Waals surface area (Å²) in [5.41, 5.74) is 1.15. The number of nitrogens with zero attached hydrogens (tertiary/aromatic N) is 1. The molecule has 0 aromatic carbocycles. The Morgan fingerprint density at radius 2 is 2.00 bits per heavy atom. The van der Waals surface area contributed by atoms with Gasteiger partial charge in [-0.2, -0.15) is 0 Å². The Morgan fingerprint density at radius 1 is 1.19 bits per heavy atom. The molecule has 0 aliphatic rings. The zero-order chi connectivity index (χ0) is 11.6. The summed E-state index contributed by atoms with van der Waals surface area (Å²) in [5, 5.41) is 6.87. The minimum Gasteiger partial charge on any atom is -0.316 e. The van der Waals surface area contributed by atoms with Gasteiger partial charge in [-0.25, -0.2) is 4.98 Å². The van der Waals surface area contributed by atoms with Crippen molar-refractivity contribution in [1.29, 1.82) is 0 Å². The Balaban J connectivity index is 1.88. The fourth-order valence-corrected chi connectivity index (χ4v) is 2.47. The minimum absolute atomic E-state index is 1.07. The normalized spacial score (nSPS) is 10.9. The van der Waals surface area contributed by atoms with Crippen molar-refractivity contribution < 1.29 is 0 Å². The van der Waals surface area contributed by atoms with E-state index in [-0.39, 0.29) is 0 Å². The summed E-state index contributed by atoms with van der Waals surface area (Å²) in [7, 11) is 0. The molecule has 1 N–H and O–H groups in total. The van der Waals surface area contributed by atoms with Crippen LogP contribution in [0.4, 0.5) is 0 Å². The van der Waals surface area contributed by atoms with E-state index in [0.29, 0.717) is 0 Å². The van der Waals surface area contributed by atoms with E-state index in [0.717, 1.165) is 25.2 Å². The van der Waals surface area contributed by atoms with Crippen LogP contribution in [0.1, 0.15) is 49.7 Å². The lowest BCUT2D eigenvalue weighted by Crippen LogP contribution is -2.18. The molecule has 0 atom stereocenters. The molecule has 0 saturated carbocycles. The summed E-state index contributed by atoms with van der Waals surface area (Å²) in [6.45, 7) is 6.55. The summed E-state index contributed by atoms with van der Waals surface area (Å²) >= 11 is 1.77. The number of hydrogen-bond acceptors (Lipinski definition) is 3. The van der Waals surface area contributed by atoms with Crippen molar-refractivity contribution in [2.24, 2.45) is 0 Å². The van der Waals surface area contributed by atoms with Crippen LogP contribution in [0.15, 0.2) is 5.38 Å². The molecule has 0 aliphatic carbocycles. The molecule has 1 heterocycles. The maximum atomic E-state index is 4.45. The number of rotatable bonds is 9. The van der Waals surface area contributed by atoms with Gasteiger partial charge in [0.1, 0.15) is 0 Å². The van der Waals surface area contributed by atoms with Crippen molar-refractivity contribution in [1.82, 2.24) is 10.3 Å². The molecule has 0 aliphatic heterocycles. The van der Waals surface area contributed by atoms with Gasteiger partial charge in [0.2, 0.25) is 0 Å². The largest absolute Gasteiger partial charge is 0.316 e. The van der Waals surface area contributed by atoms with Crippen molar-refractivity contribution in [3.05, 3.63) is 16.1 Å². The van der Waals surface area contributed by atoms with Crippen molar-refractivity contribution in [3.8, 4) is 0 Å². The van der Waals surface area contributed by atoms with Crippen LogP contribution >= 0.6 is 11.3 Å². The van der Waals surface area contributed by atoms with E-state index in [2.05, 4.69) is 29.5 Å². The van der Waals surface area contributed by atoms with Crippen LogP contribution in [0.5, 0.6) is 0 Å². The predicted octanol–water partition coefficient (Wildman–Crippen LogP) is 3.55. The number of nitrogens with one attached hydrogen (secondary N) is 1. The summed E-state index contributed by atoms with van der Waals surface area (Å²) in [6.07, 6.45) is 7.88. The van der Waals surface area contributed by atoms with Crippen LogP contribution in [0.2, 0.25) is 0 Å². The van der Waals surface area contributed by atoms with Crippen LogP contribution in [0, 0.1) is 6.92 Å². The van der Waals surface area contributed by atoms with E-state index in [1.54, 1.807) is 11.3 Å². The molecule has 3 heteroatoms. The summed E-state index contributed by atoms with van der Waals surface area (Å²) in [5.74, 6) is 0. The van der Waals surface area contributed by atoms with E-state index < -0.39 is 0 Å². The van der Waals surface area contributed by atoms with Gasteiger partial charge in [0.05, 0.1) is 5.01 Å². The molecule has 2 nitrogen and oxygen atoms in total. The molecule has 0 unspecified atom stereocenters.